The Morgan fingerprint density at radius 3 is 2.31 bits per heavy atom. The van der Waals surface area contributed by atoms with Crippen LogP contribution in [0.2, 0.25) is 0 Å². The molecular weight excluding hydrogens is 506 g/mol. The molecule has 3 aromatic rings. The number of nitro benzene ring substituents is 1. The number of halogens is 1. The van der Waals surface area contributed by atoms with Crippen molar-refractivity contribution in [2.45, 2.75) is 4.90 Å². The van der Waals surface area contributed by atoms with E-state index in [1.54, 1.807) is 0 Å². The zero-order chi connectivity index (χ0) is 23.5. The number of aromatic carboxylic acids is 1. The highest BCUT2D eigenvalue weighted by Crippen LogP contribution is 2.26. The number of benzene rings is 3. The summed E-state index contributed by atoms with van der Waals surface area (Å²) in [7, 11) is -4.19. The number of carboxylic acid groups (broad SMARTS) is 1. The summed E-state index contributed by atoms with van der Waals surface area (Å²) in [4.78, 5) is 33.7. The predicted molar refractivity (Wildman–Crippen MR) is 119 cm³/mol. The Bertz CT molecular complexity index is 1340. The Morgan fingerprint density at radius 2 is 1.62 bits per heavy atom. The van der Waals surface area contributed by atoms with Crippen LogP contribution in [0.15, 0.2) is 76.1 Å². The van der Waals surface area contributed by atoms with Crippen molar-refractivity contribution in [2.24, 2.45) is 0 Å². The summed E-state index contributed by atoms with van der Waals surface area (Å²) in [6, 6.07) is 14.4. The number of hydrogen-bond donors (Lipinski definition) is 3. The summed E-state index contributed by atoms with van der Waals surface area (Å²) in [6.07, 6.45) is 0. The van der Waals surface area contributed by atoms with Gasteiger partial charge < -0.3 is 10.4 Å². The molecule has 3 aromatic carbocycles. The molecule has 0 spiro atoms. The molecule has 0 aliphatic carbocycles. The van der Waals surface area contributed by atoms with E-state index in [1.807, 2.05) is 0 Å². The first-order chi connectivity index (χ1) is 15.1. The fourth-order valence-corrected chi connectivity index (χ4v) is 4.72. The van der Waals surface area contributed by atoms with Crippen molar-refractivity contribution < 1.29 is 28.0 Å². The number of rotatable bonds is 7. The fourth-order valence-electron chi connectivity index (χ4n) is 2.68. The average Bonchev–Trinajstić information content (AvgIpc) is 2.73. The first kappa shape index (κ1) is 22.9. The molecule has 0 fully saturated rings. The molecular formula is C20H14BrN3O7S. The molecule has 0 unspecified atom stereocenters. The highest BCUT2D eigenvalue weighted by Gasteiger charge is 2.21. The molecule has 3 rings (SSSR count). The first-order valence-corrected chi connectivity index (χ1v) is 11.1. The van der Waals surface area contributed by atoms with Crippen molar-refractivity contribution in [3.05, 3.63) is 92.4 Å². The lowest BCUT2D eigenvalue weighted by molar-refractivity contribution is -0.384. The van der Waals surface area contributed by atoms with Gasteiger partial charge in [-0.1, -0.05) is 12.1 Å². The van der Waals surface area contributed by atoms with E-state index in [1.165, 1.54) is 54.6 Å². The molecule has 164 valence electrons. The molecule has 1 amide bonds. The maximum Gasteiger partial charge on any atom is 0.335 e. The van der Waals surface area contributed by atoms with E-state index >= 15 is 0 Å². The smallest absolute Gasteiger partial charge is 0.335 e. The van der Waals surface area contributed by atoms with Gasteiger partial charge in [0, 0.05) is 33.5 Å². The van der Waals surface area contributed by atoms with Crippen LogP contribution in [0.5, 0.6) is 0 Å². The van der Waals surface area contributed by atoms with Crippen LogP contribution >= 0.6 is 15.9 Å². The van der Waals surface area contributed by atoms with Gasteiger partial charge in [0.25, 0.3) is 21.6 Å². The Balaban J connectivity index is 1.88. The van der Waals surface area contributed by atoms with Crippen LogP contribution in [0.3, 0.4) is 0 Å². The lowest BCUT2D eigenvalue weighted by Crippen LogP contribution is -2.17. The Morgan fingerprint density at radius 1 is 0.938 bits per heavy atom. The highest BCUT2D eigenvalue weighted by atomic mass is 79.9. The second kappa shape index (κ2) is 9.16. The van der Waals surface area contributed by atoms with Crippen LogP contribution in [-0.4, -0.2) is 30.3 Å². The number of anilines is 2. The fraction of sp³-hybridized carbons (Fsp3) is 0. The zero-order valence-electron chi connectivity index (χ0n) is 16.0. The van der Waals surface area contributed by atoms with E-state index in [0.29, 0.717) is 0 Å². The highest BCUT2D eigenvalue weighted by molar-refractivity contribution is 9.10. The minimum atomic E-state index is -4.19. The van der Waals surface area contributed by atoms with Crippen LogP contribution in [0.4, 0.5) is 17.1 Å². The van der Waals surface area contributed by atoms with Gasteiger partial charge in [0.15, 0.2) is 0 Å². The maximum absolute atomic E-state index is 12.9. The molecule has 0 bridgehead atoms. The standard InChI is InChI=1S/C20H14BrN3O7S/c21-17-8-7-12(19(25)22-14-4-2-6-16(11-14)24(28)29)10-18(17)32(30,31)23-15-5-1-3-13(9-15)20(26)27/h1-11,23H,(H,22,25)(H,26,27). The molecule has 0 heterocycles. The minimum absolute atomic E-state index is 0.0145. The molecule has 0 aromatic heterocycles. The number of carboxylic acids is 1. The number of nitrogens with zero attached hydrogens (tertiary/aromatic N) is 1. The Labute approximate surface area is 190 Å². The van der Waals surface area contributed by atoms with Crippen LogP contribution in [-0.2, 0) is 10.0 Å². The third-order valence-corrected chi connectivity index (χ3v) is 6.53. The third-order valence-electron chi connectivity index (χ3n) is 4.16. The molecule has 10 nitrogen and oxygen atoms in total. The minimum Gasteiger partial charge on any atom is -0.478 e. The summed E-state index contributed by atoms with van der Waals surface area (Å²) in [5.41, 5.74) is -0.133. The van der Waals surface area contributed by atoms with Crippen molar-refractivity contribution in [2.75, 3.05) is 10.0 Å². The number of nitro groups is 1. The van der Waals surface area contributed by atoms with E-state index in [-0.39, 0.29) is 37.6 Å². The summed E-state index contributed by atoms with van der Waals surface area (Å²) in [5.74, 6) is -1.89. The molecule has 0 radical (unpaired) electrons. The summed E-state index contributed by atoms with van der Waals surface area (Å²) in [5, 5.41) is 22.4. The SMILES string of the molecule is O=C(O)c1cccc(NS(=O)(=O)c2cc(C(=O)Nc3cccc([N+](=O)[O-])c3)ccc2Br)c1. The molecule has 0 aliphatic heterocycles. The van der Waals surface area contributed by atoms with Crippen molar-refractivity contribution >= 4 is 54.9 Å². The number of nitrogens with one attached hydrogen (secondary N) is 2. The molecule has 0 saturated heterocycles. The van der Waals surface area contributed by atoms with E-state index in [4.69, 9.17) is 5.11 Å². The molecule has 0 atom stereocenters. The average molecular weight is 520 g/mol. The summed E-state index contributed by atoms with van der Waals surface area (Å²) >= 11 is 3.14. The van der Waals surface area contributed by atoms with Gasteiger partial charge in [-0.3, -0.25) is 19.6 Å². The van der Waals surface area contributed by atoms with Gasteiger partial charge in [0.1, 0.15) is 4.90 Å². The first-order valence-electron chi connectivity index (χ1n) is 8.78. The Kier molecular flexibility index (Phi) is 6.55. The van der Waals surface area contributed by atoms with Gasteiger partial charge in [0.05, 0.1) is 10.5 Å². The summed E-state index contributed by atoms with van der Waals surface area (Å²) in [6.45, 7) is 0. The number of hydrogen-bond acceptors (Lipinski definition) is 6. The lowest BCUT2D eigenvalue weighted by Gasteiger charge is -2.12. The quantitative estimate of drug-likeness (QED) is 0.313. The van der Waals surface area contributed by atoms with Gasteiger partial charge in [-0.2, -0.15) is 0 Å². The largest absolute Gasteiger partial charge is 0.478 e. The monoisotopic (exact) mass is 519 g/mol. The van der Waals surface area contributed by atoms with Crippen LogP contribution in [0.1, 0.15) is 20.7 Å². The molecule has 32 heavy (non-hydrogen) atoms. The van der Waals surface area contributed by atoms with Crippen molar-refractivity contribution in [3.63, 3.8) is 0 Å². The second-order valence-electron chi connectivity index (χ2n) is 6.40. The van der Waals surface area contributed by atoms with E-state index in [2.05, 4.69) is 26.0 Å². The maximum atomic E-state index is 12.9. The molecule has 0 saturated carbocycles. The topological polar surface area (TPSA) is 156 Å². The van der Waals surface area contributed by atoms with Crippen molar-refractivity contribution in [3.8, 4) is 0 Å². The van der Waals surface area contributed by atoms with E-state index in [0.717, 1.165) is 12.1 Å². The second-order valence-corrected chi connectivity index (χ2v) is 8.90. The van der Waals surface area contributed by atoms with Crippen molar-refractivity contribution in [1.82, 2.24) is 0 Å². The zero-order valence-corrected chi connectivity index (χ0v) is 18.4. The summed E-state index contributed by atoms with van der Waals surface area (Å²) < 4.78 is 28.2. The van der Waals surface area contributed by atoms with Crippen LogP contribution in [0.25, 0.3) is 0 Å². The van der Waals surface area contributed by atoms with Gasteiger partial charge >= 0.3 is 5.97 Å². The van der Waals surface area contributed by atoms with Crippen molar-refractivity contribution in [1.29, 1.82) is 0 Å². The van der Waals surface area contributed by atoms with E-state index in [9.17, 15) is 28.1 Å². The lowest BCUT2D eigenvalue weighted by atomic mass is 10.2. The molecule has 12 heteroatoms. The Hall–Kier alpha value is -3.77. The predicted octanol–water partition coefficient (Wildman–Crippen LogP) is 4.11. The number of non-ortho nitro benzene ring substituents is 1. The number of carbonyl (C=O) groups is 2. The number of sulfonamides is 1. The van der Waals surface area contributed by atoms with Gasteiger partial charge in [-0.05, 0) is 58.4 Å². The van der Waals surface area contributed by atoms with E-state index < -0.39 is 26.8 Å². The van der Waals surface area contributed by atoms with Crippen LogP contribution < -0.4 is 10.0 Å². The normalized spacial score (nSPS) is 10.9. The van der Waals surface area contributed by atoms with Gasteiger partial charge in [-0.15, -0.1) is 0 Å². The molecule has 0 aliphatic rings. The van der Waals surface area contributed by atoms with Gasteiger partial charge in [0.2, 0.25) is 0 Å². The number of amides is 1. The molecule has 3 N–H and O–H groups in total. The third kappa shape index (κ3) is 5.28. The van der Waals surface area contributed by atoms with Gasteiger partial charge in [-0.25, -0.2) is 13.2 Å². The van der Waals surface area contributed by atoms with Crippen LogP contribution in [0, 0.1) is 10.1 Å². The number of carbonyl (C=O) groups excluding carboxylic acids is 1.